The molecule has 0 fully saturated rings. The number of rotatable bonds is 3. The minimum absolute atomic E-state index is 0.0277. The number of nitrogens with two attached hydrogens (primary N) is 4. The summed E-state index contributed by atoms with van der Waals surface area (Å²) in [6.45, 7) is 4.00. The molecule has 0 amide bonds. The number of phenolic OH excluding ortho intramolecular Hbond substituents is 2. The van der Waals surface area contributed by atoms with Gasteiger partial charge in [0.25, 0.3) is 0 Å². The van der Waals surface area contributed by atoms with Gasteiger partial charge in [-0.1, -0.05) is 19.4 Å². The standard InChI is InChI=1S/C7H5F3N2O2.C7H7F3N2O2.2C7H6F3NO.C2H6.HNO/c8-7(9,10)5-3-4(11)1-2-6(5)14-12-13;8-7(9,10)5-3-4(11)1-2-6(5)12(13)14;2*8-7(9,10)5-3-4(11)1-2-6(5)12;2*1-2/h1-3H,11H2;1-3,13-14H,11H2;2*1-3,12H,11H2;1-2H3;1H. The summed E-state index contributed by atoms with van der Waals surface area (Å²) < 4.78 is 146. The van der Waals surface area contributed by atoms with E-state index in [0.717, 1.165) is 30.3 Å². The molecule has 0 bridgehead atoms. The number of nitrogens with one attached hydrogen (secondary N) is 1. The van der Waals surface area contributed by atoms with Crippen molar-refractivity contribution in [1.82, 2.24) is 0 Å². The Bertz CT molecular complexity index is 1760. The first-order valence-corrected chi connectivity index (χ1v) is 14.2. The largest absolute Gasteiger partial charge is 0.507 e. The van der Waals surface area contributed by atoms with Crippen molar-refractivity contribution in [1.29, 1.82) is 5.59 Å². The zero-order chi connectivity index (χ0) is 44.4. The number of hydrogen-bond acceptors (Lipinski definition) is 14. The van der Waals surface area contributed by atoms with Gasteiger partial charge >= 0.3 is 24.7 Å². The van der Waals surface area contributed by atoms with Crippen LogP contribution in [0.3, 0.4) is 0 Å². The molecule has 0 aromatic heterocycles. The fraction of sp³-hybridized carbons (Fsp3) is 0.200. The number of halogens is 12. The van der Waals surface area contributed by atoms with Crippen LogP contribution in [0, 0.1) is 15.4 Å². The van der Waals surface area contributed by atoms with Crippen molar-refractivity contribution >= 4 is 28.4 Å². The molecular weight excluding hydrogens is 798 g/mol. The minimum atomic E-state index is -4.69. The number of anilines is 5. The van der Waals surface area contributed by atoms with E-state index >= 15 is 0 Å². The van der Waals surface area contributed by atoms with Gasteiger partial charge in [-0.15, -0.1) is 10.1 Å². The highest BCUT2D eigenvalue weighted by molar-refractivity contribution is 5.58. The third-order valence-corrected chi connectivity index (χ3v) is 5.64. The van der Waals surface area contributed by atoms with E-state index in [0.29, 0.717) is 24.3 Å². The topological polar surface area (TPSA) is 268 Å². The zero-order valence-electron chi connectivity index (χ0n) is 28.2. The van der Waals surface area contributed by atoms with Crippen LogP contribution in [-0.4, -0.2) is 20.6 Å². The van der Waals surface area contributed by atoms with E-state index in [2.05, 4.69) is 10.4 Å². The van der Waals surface area contributed by atoms with Crippen molar-refractivity contribution < 1.29 is 78.2 Å². The van der Waals surface area contributed by atoms with E-state index in [-0.39, 0.29) is 22.7 Å². The van der Waals surface area contributed by atoms with E-state index in [4.69, 9.17) is 48.5 Å². The molecule has 0 aliphatic rings. The first-order chi connectivity index (χ1) is 25.6. The van der Waals surface area contributed by atoms with Gasteiger partial charge < -0.3 is 38.0 Å². The van der Waals surface area contributed by atoms with Crippen molar-refractivity contribution in [2.75, 3.05) is 28.2 Å². The number of nitrogens with zero attached hydrogens (tertiary/aromatic N) is 2. The van der Waals surface area contributed by atoms with Gasteiger partial charge in [0.15, 0.2) is 11.1 Å². The molecule has 4 aromatic carbocycles. The molecule has 56 heavy (non-hydrogen) atoms. The molecule has 26 heteroatoms. The highest BCUT2D eigenvalue weighted by Gasteiger charge is 2.37. The number of benzene rings is 4. The highest BCUT2D eigenvalue weighted by Crippen LogP contribution is 2.39. The average molecular weight is 830 g/mol. The minimum Gasteiger partial charge on any atom is -0.507 e. The molecule has 0 heterocycles. The maximum atomic E-state index is 12.3. The third-order valence-electron chi connectivity index (χ3n) is 5.64. The lowest BCUT2D eigenvalue weighted by Gasteiger charge is -2.15. The Labute approximate surface area is 306 Å². The van der Waals surface area contributed by atoms with E-state index in [9.17, 15) is 57.6 Å². The lowest BCUT2D eigenvalue weighted by molar-refractivity contribution is -0.139. The first kappa shape index (κ1) is 51.7. The van der Waals surface area contributed by atoms with Gasteiger partial charge in [-0.2, -0.15) is 57.6 Å². The zero-order valence-corrected chi connectivity index (χ0v) is 28.2. The Balaban J connectivity index is 0. The maximum absolute atomic E-state index is 12.3. The Morgan fingerprint density at radius 1 is 0.536 bits per heavy atom. The van der Waals surface area contributed by atoms with Crippen molar-refractivity contribution in [2.45, 2.75) is 38.6 Å². The summed E-state index contributed by atoms with van der Waals surface area (Å²) in [6.07, 6.45) is -18.4. The predicted octanol–water partition coefficient (Wildman–Crippen LogP) is 9.56. The Hall–Kier alpha value is -6.44. The molecular formula is C30H31F12N7O7. The van der Waals surface area contributed by atoms with Crippen molar-refractivity contribution in [2.24, 2.45) is 5.34 Å². The van der Waals surface area contributed by atoms with Gasteiger partial charge in [0, 0.05) is 22.7 Å². The molecule has 0 aliphatic carbocycles. The number of nitroso groups, excluding NO2 is 1. The predicted molar refractivity (Wildman–Crippen MR) is 177 cm³/mol. The fourth-order valence-corrected chi connectivity index (χ4v) is 3.41. The molecule has 0 spiro atoms. The number of alkyl halides is 12. The Morgan fingerprint density at radius 2 is 0.821 bits per heavy atom. The molecule has 4 aromatic rings. The van der Waals surface area contributed by atoms with Crippen molar-refractivity contribution in [3.05, 3.63) is 105 Å². The Morgan fingerprint density at radius 3 is 1.11 bits per heavy atom. The average Bonchev–Trinajstić information content (AvgIpc) is 3.08. The second kappa shape index (κ2) is 22.1. The SMILES string of the molecule is CC.N=O.Nc1ccc(N(O)O)c(C(F)(F)F)c1.Nc1ccc(O)c(C(F)(F)F)c1.Nc1ccc(O)c(C(F)(F)F)c1.Nc1ccc(ON=O)c(C(F)(F)F)c1. The van der Waals surface area contributed by atoms with Crippen LogP contribution in [0.4, 0.5) is 81.1 Å². The van der Waals surface area contributed by atoms with Crippen LogP contribution in [0.5, 0.6) is 17.2 Å². The molecule has 0 atom stereocenters. The lowest BCUT2D eigenvalue weighted by atomic mass is 10.1. The summed E-state index contributed by atoms with van der Waals surface area (Å²) in [5, 5.41) is 35.9. The molecule has 0 unspecified atom stereocenters. The van der Waals surface area contributed by atoms with Crippen LogP contribution in [-0.2, 0) is 24.7 Å². The third kappa shape index (κ3) is 17.6. The lowest BCUT2D eigenvalue weighted by Crippen LogP contribution is -2.18. The first-order valence-electron chi connectivity index (χ1n) is 14.2. The summed E-state index contributed by atoms with van der Waals surface area (Å²) in [7, 11) is 0. The van der Waals surface area contributed by atoms with Crippen LogP contribution in [0.15, 0.2) is 78.1 Å². The summed E-state index contributed by atoms with van der Waals surface area (Å²) in [5.41, 5.74) is 19.5. The fourth-order valence-electron chi connectivity index (χ4n) is 3.41. The van der Waals surface area contributed by atoms with Crippen LogP contribution in [0.2, 0.25) is 0 Å². The summed E-state index contributed by atoms with van der Waals surface area (Å²) >= 11 is 0. The van der Waals surface area contributed by atoms with E-state index in [1.807, 2.05) is 19.2 Å². The van der Waals surface area contributed by atoms with Crippen molar-refractivity contribution in [3.63, 3.8) is 0 Å². The molecule has 0 saturated heterocycles. The molecule has 14 nitrogen and oxygen atoms in total. The van der Waals surface area contributed by atoms with Crippen LogP contribution < -0.4 is 33.0 Å². The number of nitrogen functional groups attached to an aromatic ring is 4. The van der Waals surface area contributed by atoms with E-state index in [1.165, 1.54) is 18.2 Å². The molecule has 0 aliphatic heterocycles. The summed E-state index contributed by atoms with van der Waals surface area (Å²) in [6, 6.07) is 11.0. The highest BCUT2D eigenvalue weighted by atomic mass is 19.4. The monoisotopic (exact) mass is 829 g/mol. The quantitative estimate of drug-likeness (QED) is 0.0307. The van der Waals surface area contributed by atoms with Gasteiger partial charge in [0.2, 0.25) is 0 Å². The van der Waals surface area contributed by atoms with Crippen LogP contribution in [0.1, 0.15) is 36.1 Å². The van der Waals surface area contributed by atoms with Gasteiger partial charge in [0.05, 0.1) is 16.7 Å². The normalized spacial score (nSPS) is 10.8. The van der Waals surface area contributed by atoms with Gasteiger partial charge in [-0.05, 0) is 72.8 Å². The molecule has 4 rings (SSSR count). The van der Waals surface area contributed by atoms with Crippen molar-refractivity contribution in [3.8, 4) is 17.2 Å². The number of hydrogen-bond donors (Lipinski definition) is 9. The molecule has 13 N–H and O–H groups in total. The Kier molecular flexibility index (Phi) is 20.4. The second-order valence-electron chi connectivity index (χ2n) is 9.53. The van der Waals surface area contributed by atoms with Gasteiger partial charge in [-0.25, -0.2) is 0 Å². The summed E-state index contributed by atoms with van der Waals surface area (Å²) in [5.74, 6) is -2.28. The van der Waals surface area contributed by atoms with Gasteiger partial charge in [-0.3, -0.25) is 10.4 Å². The number of phenols is 2. The van der Waals surface area contributed by atoms with Crippen LogP contribution in [0.25, 0.3) is 0 Å². The molecule has 312 valence electrons. The van der Waals surface area contributed by atoms with E-state index in [1.54, 1.807) is 0 Å². The smallest absolute Gasteiger partial charge is 0.420 e. The second-order valence-corrected chi connectivity index (χ2v) is 9.53. The molecule has 0 saturated carbocycles. The number of aromatic hydroxyl groups is 2. The van der Waals surface area contributed by atoms with Crippen LogP contribution >= 0.6 is 0 Å². The summed E-state index contributed by atoms with van der Waals surface area (Å²) in [4.78, 5) is 21.1. The molecule has 0 radical (unpaired) electrons. The maximum Gasteiger partial charge on any atom is 0.420 e. The van der Waals surface area contributed by atoms with E-state index < -0.39 is 75.1 Å². The van der Waals surface area contributed by atoms with Gasteiger partial charge in [0.1, 0.15) is 22.7 Å².